The van der Waals surface area contributed by atoms with E-state index >= 15 is 0 Å². The van der Waals surface area contributed by atoms with Gasteiger partial charge < -0.3 is 15.0 Å². The van der Waals surface area contributed by atoms with Crippen molar-refractivity contribution in [1.29, 1.82) is 0 Å². The summed E-state index contributed by atoms with van der Waals surface area (Å²) in [6, 6.07) is 8.91. The Hall–Kier alpha value is -1.06. The molecular weight excluding hydrogens is 236 g/mol. The van der Waals surface area contributed by atoms with Gasteiger partial charge in [0.2, 0.25) is 0 Å². The highest BCUT2D eigenvalue weighted by Crippen LogP contribution is 2.16. The molecule has 0 saturated carbocycles. The van der Waals surface area contributed by atoms with Crippen molar-refractivity contribution in [3.05, 3.63) is 29.8 Å². The lowest BCUT2D eigenvalue weighted by Gasteiger charge is -2.28. The van der Waals surface area contributed by atoms with Gasteiger partial charge in [0, 0.05) is 25.3 Å². The average molecular weight is 262 g/mol. The van der Waals surface area contributed by atoms with Crippen LogP contribution in [0.4, 0.5) is 5.69 Å². The van der Waals surface area contributed by atoms with Crippen LogP contribution in [0.15, 0.2) is 24.3 Å². The zero-order chi connectivity index (χ0) is 13.5. The van der Waals surface area contributed by atoms with Gasteiger partial charge in [0.25, 0.3) is 0 Å². The van der Waals surface area contributed by atoms with Crippen molar-refractivity contribution in [2.75, 3.05) is 37.7 Å². The van der Waals surface area contributed by atoms with Crippen LogP contribution in [0.3, 0.4) is 0 Å². The fourth-order valence-corrected chi connectivity index (χ4v) is 2.27. The number of benzene rings is 1. The molecule has 1 aromatic rings. The van der Waals surface area contributed by atoms with Crippen LogP contribution in [0.2, 0.25) is 0 Å². The van der Waals surface area contributed by atoms with E-state index < -0.39 is 0 Å². The topological polar surface area (TPSA) is 24.5 Å². The molecule has 1 N–H and O–H groups in total. The van der Waals surface area contributed by atoms with Crippen molar-refractivity contribution < 1.29 is 4.74 Å². The number of nitrogens with one attached hydrogen (secondary N) is 1. The van der Waals surface area contributed by atoms with Gasteiger partial charge >= 0.3 is 0 Å². The summed E-state index contributed by atoms with van der Waals surface area (Å²) in [5, 5.41) is 3.50. The second-order valence-corrected chi connectivity index (χ2v) is 5.63. The monoisotopic (exact) mass is 262 g/mol. The highest BCUT2D eigenvalue weighted by Gasteiger charge is 2.10. The third-order valence-electron chi connectivity index (χ3n) is 3.54. The van der Waals surface area contributed by atoms with Gasteiger partial charge in [-0.25, -0.2) is 0 Å². The molecule has 0 aliphatic carbocycles. The van der Waals surface area contributed by atoms with Crippen molar-refractivity contribution >= 4 is 5.69 Å². The van der Waals surface area contributed by atoms with Crippen LogP contribution in [0, 0.1) is 5.92 Å². The number of anilines is 1. The number of ether oxygens (including phenoxy) is 1. The van der Waals surface area contributed by atoms with Gasteiger partial charge in [-0.05, 0) is 36.6 Å². The van der Waals surface area contributed by atoms with Crippen molar-refractivity contribution in [2.45, 2.75) is 26.8 Å². The van der Waals surface area contributed by atoms with Gasteiger partial charge in [0.05, 0.1) is 13.2 Å². The molecule has 0 radical (unpaired) electrons. The maximum absolute atomic E-state index is 5.38. The van der Waals surface area contributed by atoms with Crippen LogP contribution < -0.4 is 10.2 Å². The molecule has 0 atom stereocenters. The molecule has 1 aromatic carbocycles. The normalized spacial score (nSPS) is 16.1. The SMILES string of the molecule is CC(C)CCNCc1ccc(N2CCOCC2)cc1. The van der Waals surface area contributed by atoms with Crippen LogP contribution in [0.1, 0.15) is 25.8 Å². The molecule has 0 bridgehead atoms. The molecule has 1 saturated heterocycles. The molecule has 1 heterocycles. The molecule has 2 rings (SSSR count). The molecular formula is C16H26N2O. The van der Waals surface area contributed by atoms with Gasteiger partial charge in [-0.3, -0.25) is 0 Å². The van der Waals surface area contributed by atoms with Crippen LogP contribution in [-0.2, 0) is 11.3 Å². The van der Waals surface area contributed by atoms with Crippen LogP contribution >= 0.6 is 0 Å². The zero-order valence-electron chi connectivity index (χ0n) is 12.2. The van der Waals surface area contributed by atoms with Crippen LogP contribution in [0.25, 0.3) is 0 Å². The molecule has 3 heteroatoms. The summed E-state index contributed by atoms with van der Waals surface area (Å²) in [4.78, 5) is 2.39. The third-order valence-corrected chi connectivity index (χ3v) is 3.54. The minimum Gasteiger partial charge on any atom is -0.378 e. The lowest BCUT2D eigenvalue weighted by molar-refractivity contribution is 0.122. The first-order valence-electron chi connectivity index (χ1n) is 7.38. The fourth-order valence-electron chi connectivity index (χ4n) is 2.27. The molecule has 0 amide bonds. The molecule has 0 aromatic heterocycles. The Labute approximate surface area is 116 Å². The largest absolute Gasteiger partial charge is 0.378 e. The Kier molecular flexibility index (Phi) is 5.67. The quantitative estimate of drug-likeness (QED) is 0.798. The molecule has 106 valence electrons. The van der Waals surface area contributed by atoms with Gasteiger partial charge in [0.15, 0.2) is 0 Å². The van der Waals surface area contributed by atoms with Gasteiger partial charge in [-0.2, -0.15) is 0 Å². The lowest BCUT2D eigenvalue weighted by Crippen LogP contribution is -2.36. The molecule has 1 fully saturated rings. The van der Waals surface area contributed by atoms with E-state index in [1.807, 2.05) is 0 Å². The van der Waals surface area contributed by atoms with E-state index in [-0.39, 0.29) is 0 Å². The summed E-state index contributed by atoms with van der Waals surface area (Å²) in [6.45, 7) is 10.3. The van der Waals surface area contributed by atoms with Gasteiger partial charge in [-0.15, -0.1) is 0 Å². The van der Waals surface area contributed by atoms with E-state index in [1.165, 1.54) is 17.7 Å². The number of nitrogens with zero attached hydrogens (tertiary/aromatic N) is 1. The second-order valence-electron chi connectivity index (χ2n) is 5.63. The van der Waals surface area contributed by atoms with E-state index in [9.17, 15) is 0 Å². The summed E-state index contributed by atoms with van der Waals surface area (Å²) in [5.74, 6) is 0.774. The molecule has 1 aliphatic heterocycles. The van der Waals surface area contributed by atoms with Crippen LogP contribution in [-0.4, -0.2) is 32.8 Å². The maximum atomic E-state index is 5.38. The predicted molar refractivity (Wildman–Crippen MR) is 80.6 cm³/mol. The van der Waals surface area contributed by atoms with E-state index in [0.29, 0.717) is 0 Å². The Balaban J connectivity index is 1.77. The van der Waals surface area contributed by atoms with Crippen LogP contribution in [0.5, 0.6) is 0 Å². The highest BCUT2D eigenvalue weighted by molar-refractivity contribution is 5.47. The Bertz CT molecular complexity index is 356. The predicted octanol–water partition coefficient (Wildman–Crippen LogP) is 2.66. The van der Waals surface area contributed by atoms with Gasteiger partial charge in [-0.1, -0.05) is 26.0 Å². The van der Waals surface area contributed by atoms with E-state index in [4.69, 9.17) is 4.74 Å². The molecule has 0 unspecified atom stereocenters. The third kappa shape index (κ3) is 4.84. The van der Waals surface area contributed by atoms with E-state index in [0.717, 1.165) is 45.3 Å². The first kappa shape index (κ1) is 14.4. The number of rotatable bonds is 6. The lowest BCUT2D eigenvalue weighted by atomic mass is 10.1. The van der Waals surface area contributed by atoms with Gasteiger partial charge in [0.1, 0.15) is 0 Å². The molecule has 3 nitrogen and oxygen atoms in total. The van der Waals surface area contributed by atoms with E-state index in [1.54, 1.807) is 0 Å². The Morgan fingerprint density at radius 2 is 1.84 bits per heavy atom. The van der Waals surface area contributed by atoms with Crippen molar-refractivity contribution in [3.8, 4) is 0 Å². The minimum absolute atomic E-state index is 0.774. The standard InChI is InChI=1S/C16H26N2O/c1-14(2)7-8-17-13-15-3-5-16(6-4-15)18-9-11-19-12-10-18/h3-6,14,17H,7-13H2,1-2H3. The summed E-state index contributed by atoms with van der Waals surface area (Å²) in [6.07, 6.45) is 1.24. The van der Waals surface area contributed by atoms with E-state index in [2.05, 4.69) is 48.3 Å². The molecule has 0 spiro atoms. The first-order chi connectivity index (χ1) is 9.25. The Morgan fingerprint density at radius 3 is 2.47 bits per heavy atom. The number of hydrogen-bond donors (Lipinski definition) is 1. The summed E-state index contributed by atoms with van der Waals surface area (Å²) in [5.41, 5.74) is 2.68. The van der Waals surface area contributed by atoms with Crippen molar-refractivity contribution in [1.82, 2.24) is 5.32 Å². The molecule has 19 heavy (non-hydrogen) atoms. The first-order valence-corrected chi connectivity index (χ1v) is 7.38. The maximum Gasteiger partial charge on any atom is 0.0642 e. The number of hydrogen-bond acceptors (Lipinski definition) is 3. The summed E-state index contributed by atoms with van der Waals surface area (Å²) < 4.78 is 5.38. The zero-order valence-corrected chi connectivity index (χ0v) is 12.2. The second kappa shape index (κ2) is 7.51. The Morgan fingerprint density at radius 1 is 1.16 bits per heavy atom. The average Bonchev–Trinajstić information content (AvgIpc) is 2.45. The smallest absolute Gasteiger partial charge is 0.0642 e. The van der Waals surface area contributed by atoms with Crippen molar-refractivity contribution in [3.63, 3.8) is 0 Å². The summed E-state index contributed by atoms with van der Waals surface area (Å²) >= 11 is 0. The fraction of sp³-hybridized carbons (Fsp3) is 0.625. The highest BCUT2D eigenvalue weighted by atomic mass is 16.5. The summed E-state index contributed by atoms with van der Waals surface area (Å²) in [7, 11) is 0. The minimum atomic E-state index is 0.774. The number of morpholine rings is 1. The van der Waals surface area contributed by atoms with Crippen molar-refractivity contribution in [2.24, 2.45) is 5.92 Å². The molecule has 1 aliphatic rings.